The normalized spacial score (nSPS) is 29.1. The van der Waals surface area contributed by atoms with Crippen LogP contribution in [0.3, 0.4) is 0 Å². The smallest absolute Gasteiger partial charge is 0.311 e. The van der Waals surface area contributed by atoms with E-state index in [4.69, 9.17) is 24.1 Å². The first-order chi connectivity index (χ1) is 7.48. The lowest BCUT2D eigenvalue weighted by molar-refractivity contribution is -0.366. The molecule has 0 aromatic heterocycles. The minimum atomic E-state index is -1.12. The maximum atomic E-state index is 10.9. The average Bonchev–Trinajstić information content (AvgIpc) is 2.71. The molecule has 0 aromatic carbocycles. The summed E-state index contributed by atoms with van der Waals surface area (Å²) in [7, 11) is 0. The van der Waals surface area contributed by atoms with Crippen LogP contribution in [0.2, 0.25) is 0 Å². The maximum absolute atomic E-state index is 10.9. The van der Waals surface area contributed by atoms with Gasteiger partial charge in [0, 0.05) is 0 Å². The summed E-state index contributed by atoms with van der Waals surface area (Å²) in [6, 6.07) is 0. The van der Waals surface area contributed by atoms with Crippen molar-refractivity contribution in [3.63, 3.8) is 0 Å². The Bertz CT molecular complexity index is 273. The molecule has 0 radical (unpaired) electrons. The summed E-state index contributed by atoms with van der Waals surface area (Å²) < 4.78 is 21.7. The van der Waals surface area contributed by atoms with E-state index in [2.05, 4.69) is 0 Å². The predicted octanol–water partition coefficient (Wildman–Crippen LogP) is 0.213. The Morgan fingerprint density at radius 1 is 1.19 bits per heavy atom. The van der Waals surface area contributed by atoms with E-state index in [9.17, 15) is 4.79 Å². The van der Waals surface area contributed by atoms with Gasteiger partial charge in [-0.05, 0) is 13.8 Å². The van der Waals surface area contributed by atoms with Gasteiger partial charge in [-0.3, -0.25) is 4.79 Å². The number of hydrogen-bond acceptors (Lipinski definition) is 5. The molecule has 1 atom stereocenters. The molecular weight excluding hydrogens is 216 g/mol. The molecule has 1 N–H and O–H groups in total. The third kappa shape index (κ3) is 1.93. The molecule has 2 saturated heterocycles. The Balaban J connectivity index is 2.00. The first-order valence-corrected chi connectivity index (χ1v) is 5.26. The van der Waals surface area contributed by atoms with Crippen molar-refractivity contribution < 1.29 is 28.8 Å². The number of ether oxygens (including phenoxy) is 4. The van der Waals surface area contributed by atoms with Gasteiger partial charge in [0.2, 0.25) is 5.79 Å². The first-order valence-electron chi connectivity index (χ1n) is 5.26. The molecule has 0 saturated carbocycles. The highest BCUT2D eigenvalue weighted by Crippen LogP contribution is 2.34. The highest BCUT2D eigenvalue weighted by Gasteiger charge is 2.50. The Hall–Kier alpha value is -0.690. The summed E-state index contributed by atoms with van der Waals surface area (Å²) in [6.45, 7) is 4.59. The topological polar surface area (TPSA) is 74.2 Å². The SMILES string of the molecule is CC(C(=O)O)C1(C)OCC2(CO1)OCCO2. The van der Waals surface area contributed by atoms with Gasteiger partial charge in [0.05, 0.1) is 13.2 Å². The van der Waals surface area contributed by atoms with E-state index >= 15 is 0 Å². The molecule has 6 heteroatoms. The third-order valence-electron chi connectivity index (χ3n) is 3.13. The molecule has 2 aliphatic heterocycles. The quantitative estimate of drug-likeness (QED) is 0.733. The van der Waals surface area contributed by atoms with Gasteiger partial charge in [0.15, 0.2) is 5.79 Å². The van der Waals surface area contributed by atoms with Gasteiger partial charge in [0.1, 0.15) is 19.1 Å². The number of rotatable bonds is 2. The summed E-state index contributed by atoms with van der Waals surface area (Å²) in [5.74, 6) is -3.65. The molecule has 92 valence electrons. The second-order valence-electron chi connectivity index (χ2n) is 4.26. The Labute approximate surface area is 93.4 Å². The maximum Gasteiger partial charge on any atom is 0.311 e. The van der Waals surface area contributed by atoms with Gasteiger partial charge < -0.3 is 24.1 Å². The fraction of sp³-hybridized carbons (Fsp3) is 0.900. The summed E-state index contributed by atoms with van der Waals surface area (Å²) in [4.78, 5) is 10.9. The zero-order valence-corrected chi connectivity index (χ0v) is 9.39. The molecule has 2 heterocycles. The summed E-state index contributed by atoms with van der Waals surface area (Å²) in [5, 5.41) is 8.93. The fourth-order valence-corrected chi connectivity index (χ4v) is 1.73. The molecule has 0 bridgehead atoms. The van der Waals surface area contributed by atoms with Crippen molar-refractivity contribution in [2.75, 3.05) is 26.4 Å². The van der Waals surface area contributed by atoms with Crippen molar-refractivity contribution in [1.29, 1.82) is 0 Å². The van der Waals surface area contributed by atoms with Crippen LogP contribution in [0.5, 0.6) is 0 Å². The van der Waals surface area contributed by atoms with Crippen LogP contribution in [0.15, 0.2) is 0 Å². The van der Waals surface area contributed by atoms with Crippen LogP contribution in [0, 0.1) is 5.92 Å². The van der Waals surface area contributed by atoms with Crippen LogP contribution in [0.4, 0.5) is 0 Å². The van der Waals surface area contributed by atoms with Crippen LogP contribution in [-0.2, 0) is 23.7 Å². The molecule has 0 amide bonds. The van der Waals surface area contributed by atoms with Crippen LogP contribution in [-0.4, -0.2) is 49.1 Å². The molecular formula is C10H16O6. The molecule has 2 rings (SSSR count). The van der Waals surface area contributed by atoms with Gasteiger partial charge in [-0.1, -0.05) is 0 Å². The third-order valence-corrected chi connectivity index (χ3v) is 3.13. The van der Waals surface area contributed by atoms with Gasteiger partial charge >= 0.3 is 5.97 Å². The number of carbonyl (C=O) groups is 1. The van der Waals surface area contributed by atoms with Gasteiger partial charge in [-0.25, -0.2) is 0 Å². The van der Waals surface area contributed by atoms with E-state index in [1.165, 1.54) is 0 Å². The summed E-state index contributed by atoms with van der Waals surface area (Å²) >= 11 is 0. The molecule has 2 fully saturated rings. The van der Waals surface area contributed by atoms with Crippen molar-refractivity contribution in [2.24, 2.45) is 5.92 Å². The zero-order chi connectivity index (χ0) is 11.8. The number of hydrogen-bond donors (Lipinski definition) is 1. The number of carboxylic acid groups (broad SMARTS) is 1. The van der Waals surface area contributed by atoms with Crippen LogP contribution >= 0.6 is 0 Å². The van der Waals surface area contributed by atoms with Crippen molar-refractivity contribution >= 4 is 5.97 Å². The van der Waals surface area contributed by atoms with Crippen LogP contribution in [0.1, 0.15) is 13.8 Å². The van der Waals surface area contributed by atoms with E-state index in [-0.39, 0.29) is 13.2 Å². The highest BCUT2D eigenvalue weighted by atomic mass is 16.8. The van der Waals surface area contributed by atoms with Gasteiger partial charge in [-0.2, -0.15) is 0 Å². The summed E-state index contributed by atoms with van der Waals surface area (Å²) in [6.07, 6.45) is 0. The Kier molecular flexibility index (Phi) is 2.91. The highest BCUT2D eigenvalue weighted by molar-refractivity contribution is 5.70. The minimum absolute atomic E-state index is 0.196. The van der Waals surface area contributed by atoms with E-state index < -0.39 is 23.5 Å². The molecule has 2 aliphatic rings. The zero-order valence-electron chi connectivity index (χ0n) is 9.39. The predicted molar refractivity (Wildman–Crippen MR) is 51.7 cm³/mol. The second kappa shape index (κ2) is 3.96. The first kappa shape index (κ1) is 11.8. The van der Waals surface area contributed by atoms with Crippen molar-refractivity contribution in [2.45, 2.75) is 25.4 Å². The Morgan fingerprint density at radius 2 is 1.69 bits per heavy atom. The second-order valence-corrected chi connectivity index (χ2v) is 4.26. The van der Waals surface area contributed by atoms with Crippen LogP contribution < -0.4 is 0 Å². The van der Waals surface area contributed by atoms with E-state index in [0.717, 1.165) is 0 Å². The van der Waals surface area contributed by atoms with Crippen molar-refractivity contribution in [3.05, 3.63) is 0 Å². The van der Waals surface area contributed by atoms with Crippen molar-refractivity contribution in [3.8, 4) is 0 Å². The minimum Gasteiger partial charge on any atom is -0.481 e. The lowest BCUT2D eigenvalue weighted by Crippen LogP contribution is -2.56. The standard InChI is InChI=1S/C10H16O6/c1-7(8(11)12)9(2)15-5-10(6-16-9)13-3-4-14-10/h7H,3-6H2,1-2H3,(H,11,12). The van der Waals surface area contributed by atoms with E-state index in [1.54, 1.807) is 13.8 Å². The monoisotopic (exact) mass is 232 g/mol. The van der Waals surface area contributed by atoms with E-state index in [1.807, 2.05) is 0 Å². The molecule has 0 aromatic rings. The van der Waals surface area contributed by atoms with E-state index in [0.29, 0.717) is 13.2 Å². The lowest BCUT2D eigenvalue weighted by Gasteiger charge is -2.43. The molecule has 6 nitrogen and oxygen atoms in total. The van der Waals surface area contributed by atoms with Crippen molar-refractivity contribution in [1.82, 2.24) is 0 Å². The molecule has 1 spiro atoms. The fourth-order valence-electron chi connectivity index (χ4n) is 1.73. The lowest BCUT2D eigenvalue weighted by atomic mass is 10.0. The average molecular weight is 232 g/mol. The number of aliphatic carboxylic acids is 1. The van der Waals surface area contributed by atoms with Crippen LogP contribution in [0.25, 0.3) is 0 Å². The summed E-state index contributed by atoms with van der Waals surface area (Å²) in [5.41, 5.74) is 0. The van der Waals surface area contributed by atoms with Gasteiger partial charge in [0.25, 0.3) is 0 Å². The Morgan fingerprint density at radius 3 is 2.12 bits per heavy atom. The molecule has 0 aliphatic carbocycles. The molecule has 1 unspecified atom stereocenters. The molecule has 16 heavy (non-hydrogen) atoms. The largest absolute Gasteiger partial charge is 0.481 e. The number of carboxylic acids is 1. The van der Waals surface area contributed by atoms with Gasteiger partial charge in [-0.15, -0.1) is 0 Å².